The molecule has 170 valence electrons. The molecule has 5 rings (SSSR count). The molecule has 0 unspecified atom stereocenters. The number of rotatable bonds is 8. The van der Waals surface area contributed by atoms with E-state index in [2.05, 4.69) is 38.6 Å². The Hall–Kier alpha value is -4.32. The zero-order valence-corrected chi connectivity index (χ0v) is 19.2. The maximum absolute atomic E-state index is 5.78. The van der Waals surface area contributed by atoms with Crippen LogP contribution < -0.4 is 9.47 Å². The summed E-state index contributed by atoms with van der Waals surface area (Å²) >= 11 is 0. The van der Waals surface area contributed by atoms with Crippen LogP contribution in [0.25, 0.3) is 45.0 Å². The van der Waals surface area contributed by atoms with Crippen LogP contribution in [0.4, 0.5) is 0 Å². The van der Waals surface area contributed by atoms with Gasteiger partial charge in [-0.1, -0.05) is 42.5 Å². The van der Waals surface area contributed by atoms with E-state index in [9.17, 15) is 0 Å². The molecule has 0 amide bonds. The molecule has 0 radical (unpaired) electrons. The Morgan fingerprint density at radius 3 is 1.53 bits per heavy atom. The van der Waals surface area contributed by atoms with E-state index < -0.39 is 0 Å². The summed E-state index contributed by atoms with van der Waals surface area (Å²) in [4.78, 5) is 0. The molecule has 0 aliphatic heterocycles. The number of hydrogen-bond donors (Lipinski definition) is 2. The summed E-state index contributed by atoms with van der Waals surface area (Å²) in [6.45, 7) is 5.19. The second-order valence-electron chi connectivity index (χ2n) is 7.77. The van der Waals surface area contributed by atoms with Crippen molar-refractivity contribution >= 4 is 0 Å². The number of aromatic amines is 2. The predicted molar refractivity (Wildman–Crippen MR) is 135 cm³/mol. The molecule has 2 N–H and O–H groups in total. The number of aromatic nitrogens is 4. The van der Waals surface area contributed by atoms with E-state index in [0.717, 1.165) is 56.5 Å². The fraction of sp³-hybridized carbons (Fsp3) is 0.143. The van der Waals surface area contributed by atoms with Gasteiger partial charge in [0.05, 0.1) is 36.0 Å². The molecule has 3 aromatic carbocycles. The number of H-pyrrole nitrogens is 2. The van der Waals surface area contributed by atoms with Crippen LogP contribution in [0.15, 0.2) is 84.9 Å². The topological polar surface area (TPSA) is 75.8 Å². The van der Waals surface area contributed by atoms with Gasteiger partial charge in [-0.2, -0.15) is 10.2 Å². The lowest BCUT2D eigenvalue weighted by atomic mass is 10.0. The van der Waals surface area contributed by atoms with E-state index in [4.69, 9.17) is 9.47 Å². The summed E-state index contributed by atoms with van der Waals surface area (Å²) in [7, 11) is 0. The monoisotopic (exact) mass is 450 g/mol. The van der Waals surface area contributed by atoms with Crippen molar-refractivity contribution in [2.75, 3.05) is 13.2 Å². The second kappa shape index (κ2) is 9.67. The molecule has 0 bridgehead atoms. The van der Waals surface area contributed by atoms with Gasteiger partial charge in [-0.15, -0.1) is 0 Å². The maximum Gasteiger partial charge on any atom is 0.128 e. The van der Waals surface area contributed by atoms with Gasteiger partial charge in [-0.3, -0.25) is 10.2 Å². The van der Waals surface area contributed by atoms with Crippen LogP contribution in [0.2, 0.25) is 0 Å². The Bertz CT molecular complexity index is 1300. The summed E-state index contributed by atoms with van der Waals surface area (Å²) in [5.74, 6) is 1.68. The molecule has 5 aromatic rings. The molecule has 6 nitrogen and oxygen atoms in total. The van der Waals surface area contributed by atoms with Crippen molar-refractivity contribution in [1.82, 2.24) is 20.4 Å². The van der Waals surface area contributed by atoms with Gasteiger partial charge in [-0.25, -0.2) is 0 Å². The van der Waals surface area contributed by atoms with E-state index in [1.54, 1.807) is 0 Å². The normalized spacial score (nSPS) is 10.9. The molecular weight excluding hydrogens is 424 g/mol. The SMILES string of the molecule is CCOc1ccccc1-c1cc(-c2cccc(-c3cc(-c4ccccc4OCC)[nH]n3)c2)n[nH]1. The zero-order valence-electron chi connectivity index (χ0n) is 19.2. The van der Waals surface area contributed by atoms with Gasteiger partial charge >= 0.3 is 0 Å². The summed E-state index contributed by atoms with van der Waals surface area (Å²) in [5, 5.41) is 15.4. The average Bonchev–Trinajstić information content (AvgIpc) is 3.56. The molecule has 34 heavy (non-hydrogen) atoms. The highest BCUT2D eigenvalue weighted by atomic mass is 16.5. The summed E-state index contributed by atoms with van der Waals surface area (Å²) in [5.41, 5.74) is 7.55. The molecule has 0 saturated heterocycles. The van der Waals surface area contributed by atoms with Crippen LogP contribution >= 0.6 is 0 Å². The van der Waals surface area contributed by atoms with Gasteiger partial charge in [0.2, 0.25) is 0 Å². The lowest BCUT2D eigenvalue weighted by molar-refractivity contribution is 0.341. The van der Waals surface area contributed by atoms with Gasteiger partial charge in [0, 0.05) is 22.3 Å². The van der Waals surface area contributed by atoms with E-state index >= 15 is 0 Å². The molecule has 0 aliphatic carbocycles. The van der Waals surface area contributed by atoms with Crippen molar-refractivity contribution in [3.63, 3.8) is 0 Å². The minimum atomic E-state index is 0.612. The van der Waals surface area contributed by atoms with Gasteiger partial charge in [-0.05, 0) is 56.3 Å². The Kier molecular flexibility index (Phi) is 6.12. The van der Waals surface area contributed by atoms with Crippen molar-refractivity contribution in [1.29, 1.82) is 0 Å². The first kappa shape index (κ1) is 21.5. The maximum atomic E-state index is 5.78. The van der Waals surface area contributed by atoms with Crippen molar-refractivity contribution in [3.05, 3.63) is 84.9 Å². The summed E-state index contributed by atoms with van der Waals surface area (Å²) in [6.07, 6.45) is 0. The van der Waals surface area contributed by atoms with Gasteiger partial charge in [0.1, 0.15) is 11.5 Å². The Labute approximate surface area is 198 Å². The molecular formula is C28H26N4O2. The van der Waals surface area contributed by atoms with Crippen LogP contribution in [0.5, 0.6) is 11.5 Å². The number of nitrogens with zero attached hydrogens (tertiary/aromatic N) is 2. The first-order valence-corrected chi connectivity index (χ1v) is 11.4. The standard InChI is InChI=1S/C28H26N4O2/c1-3-33-27-14-7-5-12-21(27)25-17-23(29-31-25)19-10-9-11-20(16-19)24-18-26(32-30-24)22-13-6-8-15-28(22)34-4-2/h5-18H,3-4H2,1-2H3,(H,29,31)(H,30,32). The molecule has 0 aliphatic rings. The van der Waals surface area contributed by atoms with E-state index in [1.807, 2.05) is 80.6 Å². The molecule has 0 saturated carbocycles. The van der Waals surface area contributed by atoms with E-state index in [0.29, 0.717) is 13.2 Å². The van der Waals surface area contributed by atoms with Crippen LogP contribution in [-0.4, -0.2) is 33.6 Å². The van der Waals surface area contributed by atoms with Crippen LogP contribution in [0.3, 0.4) is 0 Å². The smallest absolute Gasteiger partial charge is 0.128 e. The van der Waals surface area contributed by atoms with Crippen LogP contribution in [0, 0.1) is 0 Å². The Morgan fingerprint density at radius 1 is 0.588 bits per heavy atom. The second-order valence-corrected chi connectivity index (χ2v) is 7.77. The van der Waals surface area contributed by atoms with Gasteiger partial charge in [0.15, 0.2) is 0 Å². The van der Waals surface area contributed by atoms with E-state index in [1.165, 1.54) is 0 Å². The predicted octanol–water partition coefficient (Wildman–Crippen LogP) is 6.60. The first-order chi connectivity index (χ1) is 16.8. The third kappa shape index (κ3) is 4.30. The van der Waals surface area contributed by atoms with E-state index in [-0.39, 0.29) is 0 Å². The van der Waals surface area contributed by atoms with Crippen molar-refractivity contribution < 1.29 is 9.47 Å². The molecule has 2 aromatic heterocycles. The molecule has 0 fully saturated rings. The van der Waals surface area contributed by atoms with Gasteiger partial charge < -0.3 is 9.47 Å². The van der Waals surface area contributed by atoms with Crippen LogP contribution in [-0.2, 0) is 0 Å². The number of nitrogens with one attached hydrogen (secondary N) is 2. The highest BCUT2D eigenvalue weighted by molar-refractivity contribution is 5.77. The largest absolute Gasteiger partial charge is 0.493 e. The Balaban J connectivity index is 1.44. The van der Waals surface area contributed by atoms with Crippen molar-refractivity contribution in [3.8, 4) is 56.5 Å². The molecule has 0 atom stereocenters. The average molecular weight is 451 g/mol. The molecule has 0 spiro atoms. The third-order valence-electron chi connectivity index (χ3n) is 5.56. The highest BCUT2D eigenvalue weighted by Gasteiger charge is 2.13. The lowest BCUT2D eigenvalue weighted by Gasteiger charge is -2.07. The fourth-order valence-corrected chi connectivity index (χ4v) is 3.99. The zero-order chi connectivity index (χ0) is 23.3. The minimum Gasteiger partial charge on any atom is -0.493 e. The quantitative estimate of drug-likeness (QED) is 0.279. The summed E-state index contributed by atoms with van der Waals surface area (Å²) in [6, 6.07) is 28.3. The third-order valence-corrected chi connectivity index (χ3v) is 5.56. The lowest BCUT2D eigenvalue weighted by Crippen LogP contribution is -1.93. The van der Waals surface area contributed by atoms with Crippen LogP contribution in [0.1, 0.15) is 13.8 Å². The number of para-hydroxylation sites is 2. The number of ether oxygens (including phenoxy) is 2. The van der Waals surface area contributed by atoms with Crippen molar-refractivity contribution in [2.24, 2.45) is 0 Å². The Morgan fingerprint density at radius 2 is 1.06 bits per heavy atom. The van der Waals surface area contributed by atoms with Gasteiger partial charge in [0.25, 0.3) is 0 Å². The highest BCUT2D eigenvalue weighted by Crippen LogP contribution is 2.34. The summed E-state index contributed by atoms with van der Waals surface area (Å²) < 4.78 is 11.6. The first-order valence-electron chi connectivity index (χ1n) is 11.4. The number of benzene rings is 3. The minimum absolute atomic E-state index is 0.612. The van der Waals surface area contributed by atoms with Crippen molar-refractivity contribution in [2.45, 2.75) is 13.8 Å². The molecule has 6 heteroatoms. The molecule has 2 heterocycles. The number of hydrogen-bond acceptors (Lipinski definition) is 4. The fourth-order valence-electron chi connectivity index (χ4n) is 3.99.